The van der Waals surface area contributed by atoms with Crippen LogP contribution < -0.4 is 15.6 Å². The third kappa shape index (κ3) is 3.95. The Kier molecular flexibility index (Phi) is 5.34. The molecule has 2 aliphatic heterocycles. The van der Waals surface area contributed by atoms with E-state index in [0.29, 0.717) is 12.0 Å². The number of rotatable bonds is 4. The second kappa shape index (κ2) is 8.31. The van der Waals surface area contributed by atoms with E-state index in [1.165, 1.54) is 30.5 Å². The highest BCUT2D eigenvalue weighted by molar-refractivity contribution is 5.74. The zero-order valence-electron chi connectivity index (χ0n) is 17.1. The molecule has 2 saturated heterocycles. The van der Waals surface area contributed by atoms with E-state index in [-0.39, 0.29) is 46.1 Å². The van der Waals surface area contributed by atoms with Crippen LogP contribution in [-0.2, 0) is 0 Å². The fraction of sp³-hybridized carbons (Fsp3) is 0.348. The first kappa shape index (κ1) is 20.6. The van der Waals surface area contributed by atoms with Gasteiger partial charge in [-0.2, -0.15) is 0 Å². The maximum absolute atomic E-state index is 14.7. The van der Waals surface area contributed by atoms with E-state index in [1.54, 1.807) is 6.07 Å². The Labute approximate surface area is 182 Å². The van der Waals surface area contributed by atoms with E-state index >= 15 is 0 Å². The molecule has 0 saturated carbocycles. The first-order chi connectivity index (χ1) is 15.5. The first-order valence-electron chi connectivity index (χ1n) is 10.6. The number of phenols is 1. The van der Waals surface area contributed by atoms with Crippen molar-refractivity contribution in [2.75, 3.05) is 0 Å². The summed E-state index contributed by atoms with van der Waals surface area (Å²) in [6.45, 7) is 0. The van der Waals surface area contributed by atoms with Crippen LogP contribution in [0.1, 0.15) is 25.7 Å². The highest BCUT2D eigenvalue weighted by atomic mass is 19.1. The maximum Gasteiger partial charge on any atom is 0.248 e. The Morgan fingerprint density at radius 3 is 2.75 bits per heavy atom. The molecule has 9 heteroatoms. The van der Waals surface area contributed by atoms with Gasteiger partial charge < -0.3 is 20.1 Å². The van der Waals surface area contributed by atoms with Gasteiger partial charge in [-0.25, -0.2) is 8.78 Å². The molecule has 4 heterocycles. The zero-order valence-corrected chi connectivity index (χ0v) is 17.1. The molecule has 32 heavy (non-hydrogen) atoms. The summed E-state index contributed by atoms with van der Waals surface area (Å²) in [6.07, 6.45) is 3.08. The number of hydrogen-bond acceptors (Lipinski definition) is 6. The molecule has 2 fully saturated rings. The van der Waals surface area contributed by atoms with Crippen molar-refractivity contribution in [3.05, 3.63) is 58.8 Å². The molecule has 3 N–H and O–H groups in total. The number of benzene rings is 1. The number of alkyl halides is 1. The van der Waals surface area contributed by atoms with Gasteiger partial charge in [0, 0.05) is 48.0 Å². The van der Waals surface area contributed by atoms with Gasteiger partial charge in [-0.15, -0.1) is 10.2 Å². The summed E-state index contributed by atoms with van der Waals surface area (Å²) in [4.78, 5) is 14.0. The number of phenolic OH excluding ortho intramolecular Hbond substituents is 1. The van der Waals surface area contributed by atoms with Crippen molar-refractivity contribution < 1.29 is 18.6 Å². The van der Waals surface area contributed by atoms with Crippen LogP contribution in [0.25, 0.3) is 22.4 Å². The highest BCUT2D eigenvalue weighted by Crippen LogP contribution is 2.35. The summed E-state index contributed by atoms with van der Waals surface area (Å²) in [5.41, 5.74) is 0.450. The molecule has 4 atom stereocenters. The molecular formula is C23H22F2N4O3. The molecule has 0 spiro atoms. The Balaban J connectivity index is 1.36. The van der Waals surface area contributed by atoms with Gasteiger partial charge in [0.2, 0.25) is 11.4 Å². The zero-order chi connectivity index (χ0) is 22.2. The van der Waals surface area contributed by atoms with Crippen molar-refractivity contribution in [2.24, 2.45) is 0 Å². The normalized spacial score (nSPS) is 24.8. The predicted octanol–water partition coefficient (Wildman–Crippen LogP) is 3.34. The molecule has 0 aliphatic carbocycles. The summed E-state index contributed by atoms with van der Waals surface area (Å²) in [5, 5.41) is 21.8. The predicted molar refractivity (Wildman–Crippen MR) is 114 cm³/mol. The second-order valence-electron chi connectivity index (χ2n) is 8.29. The van der Waals surface area contributed by atoms with Crippen LogP contribution in [0.15, 0.2) is 47.4 Å². The molecule has 3 aromatic rings. The van der Waals surface area contributed by atoms with Crippen LogP contribution in [0.4, 0.5) is 8.78 Å². The van der Waals surface area contributed by atoms with Crippen molar-refractivity contribution >= 4 is 0 Å². The van der Waals surface area contributed by atoms with E-state index in [0.717, 1.165) is 25.3 Å². The lowest BCUT2D eigenvalue weighted by molar-refractivity contribution is 0.00652. The third-order valence-corrected chi connectivity index (χ3v) is 6.13. The second-order valence-corrected chi connectivity index (χ2v) is 8.29. The van der Waals surface area contributed by atoms with Crippen molar-refractivity contribution in [1.82, 2.24) is 20.5 Å². The number of hydrogen-bond donors (Lipinski definition) is 3. The largest absolute Gasteiger partial charge is 0.507 e. The van der Waals surface area contributed by atoms with Crippen LogP contribution in [0.3, 0.4) is 0 Å². The van der Waals surface area contributed by atoms with Gasteiger partial charge in [0.25, 0.3) is 0 Å². The number of aromatic hydroxyl groups is 1. The Morgan fingerprint density at radius 2 is 1.97 bits per heavy atom. The van der Waals surface area contributed by atoms with Crippen LogP contribution in [-0.4, -0.2) is 44.6 Å². The third-order valence-electron chi connectivity index (χ3n) is 6.13. The van der Waals surface area contributed by atoms with E-state index in [4.69, 9.17) is 4.74 Å². The molecule has 2 aliphatic rings. The smallest absolute Gasteiger partial charge is 0.248 e. The highest BCUT2D eigenvalue weighted by Gasteiger charge is 2.41. The average Bonchev–Trinajstić information content (AvgIpc) is 2.79. The number of ether oxygens (including phenoxy) is 1. The Hall–Kier alpha value is -3.33. The van der Waals surface area contributed by atoms with E-state index in [9.17, 15) is 18.7 Å². The quantitative estimate of drug-likeness (QED) is 0.576. The number of aromatic amines is 1. The number of piperidine rings is 2. The van der Waals surface area contributed by atoms with Gasteiger partial charge >= 0.3 is 0 Å². The summed E-state index contributed by atoms with van der Waals surface area (Å²) in [6, 6.07) is 8.30. The lowest BCUT2D eigenvalue weighted by atomic mass is 9.84. The molecule has 2 unspecified atom stereocenters. The number of halogens is 2. The van der Waals surface area contributed by atoms with Crippen LogP contribution in [0.5, 0.6) is 11.6 Å². The van der Waals surface area contributed by atoms with E-state index in [2.05, 4.69) is 20.5 Å². The van der Waals surface area contributed by atoms with Gasteiger partial charge in [0.05, 0.1) is 5.69 Å². The van der Waals surface area contributed by atoms with Crippen molar-refractivity contribution in [1.29, 1.82) is 0 Å². The van der Waals surface area contributed by atoms with Crippen LogP contribution in [0.2, 0.25) is 0 Å². The fourth-order valence-corrected chi connectivity index (χ4v) is 4.56. The maximum atomic E-state index is 14.7. The topological polar surface area (TPSA) is 100 Å². The van der Waals surface area contributed by atoms with Crippen molar-refractivity contribution in [3.8, 4) is 34.0 Å². The number of nitrogens with one attached hydrogen (secondary N) is 2. The SMILES string of the molecule is O=c1cc(-c2cc(O)c(-c3ccc(O[C@@H]4CC5CCCC(N5)[C@@H]4F)nn3)cc2F)cc[nH]1. The number of H-pyrrole nitrogens is 1. The van der Waals surface area contributed by atoms with Crippen molar-refractivity contribution in [2.45, 2.75) is 50.0 Å². The Morgan fingerprint density at radius 1 is 1.09 bits per heavy atom. The Bertz CT molecular complexity index is 1180. The van der Waals surface area contributed by atoms with Gasteiger partial charge in [-0.3, -0.25) is 4.79 Å². The average molecular weight is 440 g/mol. The van der Waals surface area contributed by atoms with Gasteiger partial charge in [0.15, 0.2) is 6.17 Å². The number of nitrogens with zero attached hydrogens (tertiary/aromatic N) is 2. The monoisotopic (exact) mass is 440 g/mol. The minimum atomic E-state index is -1.12. The number of aromatic nitrogens is 3. The first-order valence-corrected chi connectivity index (χ1v) is 10.6. The van der Waals surface area contributed by atoms with Crippen molar-refractivity contribution in [3.63, 3.8) is 0 Å². The van der Waals surface area contributed by atoms with Gasteiger partial charge in [0.1, 0.15) is 17.7 Å². The minimum Gasteiger partial charge on any atom is -0.507 e. The summed E-state index contributed by atoms with van der Waals surface area (Å²) >= 11 is 0. The summed E-state index contributed by atoms with van der Waals surface area (Å²) in [7, 11) is 0. The summed E-state index contributed by atoms with van der Waals surface area (Å²) in [5.74, 6) is -0.645. The molecule has 166 valence electrons. The van der Waals surface area contributed by atoms with E-state index < -0.39 is 18.1 Å². The molecule has 7 nitrogen and oxygen atoms in total. The molecule has 1 aromatic carbocycles. The lowest BCUT2D eigenvalue weighted by Crippen LogP contribution is -2.59. The lowest BCUT2D eigenvalue weighted by Gasteiger charge is -2.42. The van der Waals surface area contributed by atoms with Crippen LogP contribution in [0, 0.1) is 5.82 Å². The van der Waals surface area contributed by atoms with Crippen LogP contribution >= 0.6 is 0 Å². The van der Waals surface area contributed by atoms with E-state index in [1.807, 2.05) is 0 Å². The standard InChI is InChI=1S/C23H22F2N4O3/c24-16-10-15(19(30)11-14(16)12-6-7-26-21(31)8-12)17-4-5-22(29-28-17)32-20-9-13-2-1-3-18(27-13)23(20)25/h4-8,10-11,13,18,20,23,27,30H,1-3,9H2,(H,26,31)/t13?,18?,20-,23+/m1/s1. The summed E-state index contributed by atoms with van der Waals surface area (Å²) < 4.78 is 35.2. The number of fused-ring (bicyclic) bond motifs is 2. The molecule has 2 aromatic heterocycles. The fourth-order valence-electron chi connectivity index (χ4n) is 4.56. The van der Waals surface area contributed by atoms with Gasteiger partial charge in [-0.05, 0) is 42.7 Å². The molecule has 2 bridgehead atoms. The van der Waals surface area contributed by atoms with Gasteiger partial charge in [-0.1, -0.05) is 6.42 Å². The molecule has 0 amide bonds. The molecule has 5 rings (SSSR count). The number of pyridine rings is 1. The molecule has 0 radical (unpaired) electrons. The minimum absolute atomic E-state index is 0.0932. The molecular weight excluding hydrogens is 418 g/mol.